The first-order valence-corrected chi connectivity index (χ1v) is 9.27. The summed E-state index contributed by atoms with van der Waals surface area (Å²) < 4.78 is 3.71. The maximum atomic E-state index is 12.9. The van der Waals surface area contributed by atoms with Crippen LogP contribution in [0.4, 0.5) is 0 Å². The minimum atomic E-state index is -0.0273. The molecule has 1 atom stereocenters. The van der Waals surface area contributed by atoms with Gasteiger partial charge in [0, 0.05) is 35.9 Å². The lowest BCUT2D eigenvalue weighted by molar-refractivity contribution is 0.446. The van der Waals surface area contributed by atoms with Crippen LogP contribution >= 0.6 is 0 Å². The monoisotopic (exact) mass is 358 g/mol. The Hall–Kier alpha value is -3.21. The van der Waals surface area contributed by atoms with Crippen molar-refractivity contribution in [3.63, 3.8) is 0 Å². The molecule has 0 saturated carbocycles. The first-order chi connectivity index (χ1) is 13.2. The van der Waals surface area contributed by atoms with Crippen molar-refractivity contribution in [1.82, 2.24) is 19.3 Å². The van der Waals surface area contributed by atoms with E-state index in [0.717, 1.165) is 29.5 Å². The van der Waals surface area contributed by atoms with Crippen LogP contribution in [0.3, 0.4) is 0 Å². The Morgan fingerprint density at radius 1 is 1.00 bits per heavy atom. The summed E-state index contributed by atoms with van der Waals surface area (Å²) in [6.45, 7) is 2.76. The molecule has 0 amide bonds. The highest BCUT2D eigenvalue weighted by molar-refractivity contribution is 5.93. The summed E-state index contributed by atoms with van der Waals surface area (Å²) in [6, 6.07) is 18.1. The van der Waals surface area contributed by atoms with Gasteiger partial charge in [0.15, 0.2) is 0 Å². The number of rotatable bonds is 6. The summed E-state index contributed by atoms with van der Waals surface area (Å²) in [4.78, 5) is 17.0. The van der Waals surface area contributed by atoms with Crippen LogP contribution in [-0.2, 0) is 6.54 Å². The maximum absolute atomic E-state index is 12.9. The van der Waals surface area contributed by atoms with Crippen LogP contribution in [0.15, 0.2) is 78.1 Å². The molecule has 2 aromatic carbocycles. The fraction of sp³-hybridized carbons (Fsp3) is 0.227. The third kappa shape index (κ3) is 3.53. The lowest BCUT2D eigenvalue weighted by Gasteiger charge is -2.14. The van der Waals surface area contributed by atoms with Crippen molar-refractivity contribution in [2.75, 3.05) is 0 Å². The van der Waals surface area contributed by atoms with Crippen LogP contribution in [0.2, 0.25) is 0 Å². The van der Waals surface area contributed by atoms with Crippen molar-refractivity contribution >= 4 is 10.8 Å². The molecule has 0 spiro atoms. The number of nitrogens with zero attached hydrogens (tertiary/aromatic N) is 4. The van der Waals surface area contributed by atoms with E-state index in [-0.39, 0.29) is 5.56 Å². The summed E-state index contributed by atoms with van der Waals surface area (Å²) >= 11 is 0. The van der Waals surface area contributed by atoms with Gasteiger partial charge in [0.25, 0.3) is 5.56 Å². The number of fused-ring (bicyclic) bond motifs is 1. The normalized spacial score (nSPS) is 12.3. The van der Waals surface area contributed by atoms with E-state index < -0.39 is 0 Å². The molecule has 27 heavy (non-hydrogen) atoms. The van der Waals surface area contributed by atoms with Crippen LogP contribution in [0.25, 0.3) is 22.0 Å². The highest BCUT2D eigenvalue weighted by Crippen LogP contribution is 2.24. The molecule has 136 valence electrons. The molecule has 0 aliphatic rings. The van der Waals surface area contributed by atoms with Crippen LogP contribution in [0, 0.1) is 0 Å². The Kier molecular flexibility index (Phi) is 4.83. The van der Waals surface area contributed by atoms with Gasteiger partial charge in [-0.1, -0.05) is 48.5 Å². The number of aryl methyl sites for hydroxylation is 1. The van der Waals surface area contributed by atoms with Gasteiger partial charge in [-0.3, -0.25) is 4.79 Å². The molecule has 2 aromatic heterocycles. The second kappa shape index (κ2) is 7.58. The fourth-order valence-electron chi connectivity index (χ4n) is 3.41. The SMILES string of the molecule is CC(CCCn1nc(-c2ccccc2)c2ccccc2c1=O)n1ccnc1. The average molecular weight is 358 g/mol. The number of benzene rings is 2. The smallest absolute Gasteiger partial charge is 0.274 e. The lowest BCUT2D eigenvalue weighted by Crippen LogP contribution is -2.24. The molecule has 5 nitrogen and oxygen atoms in total. The van der Waals surface area contributed by atoms with Gasteiger partial charge < -0.3 is 4.57 Å². The fourth-order valence-corrected chi connectivity index (χ4v) is 3.41. The van der Waals surface area contributed by atoms with Crippen molar-refractivity contribution in [3.8, 4) is 11.3 Å². The quantitative estimate of drug-likeness (QED) is 0.516. The van der Waals surface area contributed by atoms with Crippen LogP contribution < -0.4 is 5.56 Å². The molecule has 4 rings (SSSR count). The van der Waals surface area contributed by atoms with Gasteiger partial charge in [-0.2, -0.15) is 5.10 Å². The molecule has 2 heterocycles. The van der Waals surface area contributed by atoms with Gasteiger partial charge in [0.2, 0.25) is 0 Å². The van der Waals surface area contributed by atoms with Crippen LogP contribution in [-0.4, -0.2) is 19.3 Å². The summed E-state index contributed by atoms with van der Waals surface area (Å²) in [5.41, 5.74) is 1.85. The second-order valence-corrected chi connectivity index (χ2v) is 6.79. The van der Waals surface area contributed by atoms with E-state index >= 15 is 0 Å². The molecule has 0 saturated heterocycles. The van der Waals surface area contributed by atoms with Gasteiger partial charge in [0.1, 0.15) is 0 Å². The van der Waals surface area contributed by atoms with Gasteiger partial charge in [-0.05, 0) is 25.8 Å². The van der Waals surface area contributed by atoms with Gasteiger partial charge in [-0.15, -0.1) is 0 Å². The molecule has 0 fully saturated rings. The molecule has 0 bridgehead atoms. The summed E-state index contributed by atoms with van der Waals surface area (Å²) in [5, 5.41) is 6.33. The lowest BCUT2D eigenvalue weighted by atomic mass is 10.1. The number of hydrogen-bond donors (Lipinski definition) is 0. The zero-order valence-corrected chi connectivity index (χ0v) is 15.3. The third-order valence-electron chi connectivity index (χ3n) is 4.94. The van der Waals surface area contributed by atoms with Gasteiger partial charge >= 0.3 is 0 Å². The number of aromatic nitrogens is 4. The third-order valence-corrected chi connectivity index (χ3v) is 4.94. The molecule has 0 radical (unpaired) electrons. The highest BCUT2D eigenvalue weighted by Gasteiger charge is 2.12. The van der Waals surface area contributed by atoms with Gasteiger partial charge in [0.05, 0.1) is 17.4 Å². The number of imidazole rings is 1. The van der Waals surface area contributed by atoms with E-state index in [0.29, 0.717) is 18.0 Å². The minimum absolute atomic E-state index is 0.0273. The van der Waals surface area contributed by atoms with E-state index in [4.69, 9.17) is 5.10 Å². The minimum Gasteiger partial charge on any atom is -0.335 e. The van der Waals surface area contributed by atoms with E-state index in [9.17, 15) is 4.79 Å². The zero-order chi connectivity index (χ0) is 18.6. The van der Waals surface area contributed by atoms with Crippen LogP contribution in [0.5, 0.6) is 0 Å². The van der Waals surface area contributed by atoms with Gasteiger partial charge in [-0.25, -0.2) is 9.67 Å². The first-order valence-electron chi connectivity index (χ1n) is 9.27. The standard InChI is InChI=1S/C22H22N4O/c1-17(25-15-13-23-16-25)8-7-14-26-22(27)20-12-6-5-11-19(20)21(24-26)18-9-3-2-4-10-18/h2-6,9-13,15-17H,7-8,14H2,1H3. The Labute approximate surface area is 157 Å². The summed E-state index contributed by atoms with van der Waals surface area (Å²) in [7, 11) is 0. The molecule has 4 aromatic rings. The molecular weight excluding hydrogens is 336 g/mol. The highest BCUT2D eigenvalue weighted by atomic mass is 16.1. The van der Waals surface area contributed by atoms with E-state index in [2.05, 4.69) is 16.5 Å². The molecule has 0 aliphatic heterocycles. The summed E-state index contributed by atoms with van der Waals surface area (Å²) in [5.74, 6) is 0. The first kappa shape index (κ1) is 17.2. The van der Waals surface area contributed by atoms with E-state index in [1.807, 2.05) is 67.1 Å². The predicted molar refractivity (Wildman–Crippen MR) is 108 cm³/mol. The van der Waals surface area contributed by atoms with Crippen molar-refractivity contribution in [3.05, 3.63) is 83.7 Å². The second-order valence-electron chi connectivity index (χ2n) is 6.79. The number of hydrogen-bond acceptors (Lipinski definition) is 3. The molecular formula is C22H22N4O. The largest absolute Gasteiger partial charge is 0.335 e. The molecule has 5 heteroatoms. The van der Waals surface area contributed by atoms with Crippen molar-refractivity contribution < 1.29 is 0 Å². The van der Waals surface area contributed by atoms with Crippen molar-refractivity contribution in [2.45, 2.75) is 32.4 Å². The topological polar surface area (TPSA) is 52.7 Å². The van der Waals surface area contributed by atoms with Crippen LogP contribution in [0.1, 0.15) is 25.8 Å². The molecule has 0 aliphatic carbocycles. The van der Waals surface area contributed by atoms with Crippen molar-refractivity contribution in [2.24, 2.45) is 0 Å². The predicted octanol–water partition coefficient (Wildman–Crippen LogP) is 4.30. The van der Waals surface area contributed by atoms with E-state index in [1.165, 1.54) is 0 Å². The summed E-state index contributed by atoms with van der Waals surface area (Å²) in [6.07, 6.45) is 7.42. The average Bonchev–Trinajstić information content (AvgIpc) is 3.25. The van der Waals surface area contributed by atoms with Crippen molar-refractivity contribution in [1.29, 1.82) is 0 Å². The Morgan fingerprint density at radius 2 is 1.74 bits per heavy atom. The Bertz CT molecular complexity index is 1080. The zero-order valence-electron chi connectivity index (χ0n) is 15.3. The Balaban J connectivity index is 1.65. The maximum Gasteiger partial charge on any atom is 0.274 e. The van der Waals surface area contributed by atoms with E-state index in [1.54, 1.807) is 10.9 Å². The Morgan fingerprint density at radius 3 is 2.48 bits per heavy atom. The molecule has 0 N–H and O–H groups in total. The molecule has 1 unspecified atom stereocenters.